The summed E-state index contributed by atoms with van der Waals surface area (Å²) in [7, 11) is 2.07. The van der Waals surface area contributed by atoms with Gasteiger partial charge in [0.05, 0.1) is 5.69 Å². The van der Waals surface area contributed by atoms with Gasteiger partial charge in [-0.1, -0.05) is 17.7 Å². The Kier molecular flexibility index (Phi) is 3.76. The lowest BCUT2D eigenvalue weighted by atomic mass is 9.96. The zero-order valence-electron chi connectivity index (χ0n) is 12.5. The number of nitrogens with zero attached hydrogens (tertiary/aromatic N) is 2. The molecule has 19 heavy (non-hydrogen) atoms. The van der Waals surface area contributed by atoms with E-state index >= 15 is 0 Å². The van der Waals surface area contributed by atoms with E-state index in [4.69, 9.17) is 10.7 Å². The second-order valence-corrected chi connectivity index (χ2v) is 5.33. The summed E-state index contributed by atoms with van der Waals surface area (Å²) in [6.45, 7) is 9.14. The van der Waals surface area contributed by atoms with Crippen molar-refractivity contribution in [2.45, 2.75) is 34.1 Å². The Labute approximate surface area is 115 Å². The minimum Gasteiger partial charge on any atom is -0.335 e. The average molecular weight is 257 g/mol. The zero-order chi connectivity index (χ0) is 14.2. The molecule has 0 saturated carbocycles. The molecule has 1 aromatic carbocycles. The van der Waals surface area contributed by atoms with Gasteiger partial charge in [0, 0.05) is 24.7 Å². The van der Waals surface area contributed by atoms with Gasteiger partial charge in [-0.15, -0.1) is 0 Å². The first-order valence-electron chi connectivity index (χ1n) is 6.76. The first-order chi connectivity index (χ1) is 8.95. The Morgan fingerprint density at radius 1 is 1.11 bits per heavy atom. The molecule has 0 radical (unpaired) electrons. The van der Waals surface area contributed by atoms with E-state index in [1.54, 1.807) is 0 Å². The molecule has 0 aliphatic heterocycles. The fourth-order valence-electron chi connectivity index (χ4n) is 2.83. The molecule has 0 aliphatic carbocycles. The van der Waals surface area contributed by atoms with Crippen molar-refractivity contribution in [1.29, 1.82) is 0 Å². The van der Waals surface area contributed by atoms with E-state index in [0.717, 1.165) is 17.9 Å². The number of rotatable bonds is 3. The van der Waals surface area contributed by atoms with Crippen LogP contribution in [-0.2, 0) is 13.5 Å². The molecule has 2 aromatic rings. The Bertz CT molecular complexity index is 586. The summed E-state index contributed by atoms with van der Waals surface area (Å²) >= 11 is 0. The average Bonchev–Trinajstić information content (AvgIpc) is 2.57. The van der Waals surface area contributed by atoms with E-state index in [-0.39, 0.29) is 0 Å². The Morgan fingerprint density at radius 2 is 1.68 bits per heavy atom. The first kappa shape index (κ1) is 13.8. The number of aromatic nitrogens is 2. The number of benzene rings is 1. The van der Waals surface area contributed by atoms with Crippen LogP contribution in [0.25, 0.3) is 11.3 Å². The number of nitrogens with two attached hydrogens (primary N) is 1. The van der Waals surface area contributed by atoms with Crippen molar-refractivity contribution in [2.24, 2.45) is 12.8 Å². The van der Waals surface area contributed by atoms with Gasteiger partial charge in [0.2, 0.25) is 0 Å². The fraction of sp³-hybridized carbons (Fsp3) is 0.438. The van der Waals surface area contributed by atoms with Crippen molar-refractivity contribution in [1.82, 2.24) is 9.55 Å². The highest BCUT2D eigenvalue weighted by atomic mass is 15.1. The van der Waals surface area contributed by atoms with Crippen LogP contribution in [0.3, 0.4) is 0 Å². The molecule has 2 rings (SSSR count). The molecular formula is C16H23N3. The van der Waals surface area contributed by atoms with Crippen LogP contribution in [-0.4, -0.2) is 16.1 Å². The molecule has 0 unspecified atom stereocenters. The molecule has 2 N–H and O–H groups in total. The lowest BCUT2D eigenvalue weighted by Crippen LogP contribution is -2.08. The summed E-state index contributed by atoms with van der Waals surface area (Å²) < 4.78 is 2.15. The molecule has 0 fully saturated rings. The molecular weight excluding hydrogens is 234 g/mol. The van der Waals surface area contributed by atoms with Crippen LogP contribution < -0.4 is 5.73 Å². The third-order valence-electron chi connectivity index (χ3n) is 3.73. The van der Waals surface area contributed by atoms with Crippen molar-refractivity contribution in [3.05, 3.63) is 40.3 Å². The monoisotopic (exact) mass is 257 g/mol. The maximum atomic E-state index is 5.74. The van der Waals surface area contributed by atoms with Crippen LogP contribution in [0, 0.1) is 27.7 Å². The highest BCUT2D eigenvalue weighted by Crippen LogP contribution is 2.30. The van der Waals surface area contributed by atoms with Crippen molar-refractivity contribution in [3.63, 3.8) is 0 Å². The second-order valence-electron chi connectivity index (χ2n) is 5.33. The lowest BCUT2D eigenvalue weighted by Gasteiger charge is -2.12. The Morgan fingerprint density at radius 3 is 2.21 bits per heavy atom. The number of hydrogen-bond acceptors (Lipinski definition) is 2. The zero-order valence-corrected chi connectivity index (χ0v) is 12.5. The quantitative estimate of drug-likeness (QED) is 0.919. The van der Waals surface area contributed by atoms with Crippen LogP contribution in [0.2, 0.25) is 0 Å². The van der Waals surface area contributed by atoms with E-state index in [0.29, 0.717) is 6.54 Å². The molecule has 0 amide bonds. The van der Waals surface area contributed by atoms with Gasteiger partial charge in [0.15, 0.2) is 0 Å². The maximum absolute atomic E-state index is 5.74. The van der Waals surface area contributed by atoms with Gasteiger partial charge in [-0.25, -0.2) is 4.98 Å². The van der Waals surface area contributed by atoms with Crippen LogP contribution in [0.1, 0.15) is 28.2 Å². The summed E-state index contributed by atoms with van der Waals surface area (Å²) in [4.78, 5) is 4.76. The standard InChI is InChI=1S/C16H23N3/c1-10-8-11(2)15(12(3)9-10)16-14(6-7-17)19(5)13(4)18-16/h8-9H,6-7,17H2,1-5H3. The van der Waals surface area contributed by atoms with Gasteiger partial charge in [-0.2, -0.15) is 0 Å². The van der Waals surface area contributed by atoms with E-state index < -0.39 is 0 Å². The van der Waals surface area contributed by atoms with Gasteiger partial charge in [0.25, 0.3) is 0 Å². The molecule has 0 bridgehead atoms. The molecule has 102 valence electrons. The molecule has 1 heterocycles. The highest BCUT2D eigenvalue weighted by Gasteiger charge is 2.17. The predicted molar refractivity (Wildman–Crippen MR) is 80.4 cm³/mol. The van der Waals surface area contributed by atoms with E-state index in [9.17, 15) is 0 Å². The summed E-state index contributed by atoms with van der Waals surface area (Å²) in [6.07, 6.45) is 0.861. The summed E-state index contributed by atoms with van der Waals surface area (Å²) in [6, 6.07) is 4.44. The normalized spacial score (nSPS) is 11.1. The van der Waals surface area contributed by atoms with E-state index in [1.807, 2.05) is 6.92 Å². The molecule has 0 atom stereocenters. The smallest absolute Gasteiger partial charge is 0.106 e. The van der Waals surface area contributed by atoms with Crippen molar-refractivity contribution < 1.29 is 0 Å². The highest BCUT2D eigenvalue weighted by molar-refractivity contribution is 5.70. The van der Waals surface area contributed by atoms with Crippen LogP contribution in [0.15, 0.2) is 12.1 Å². The van der Waals surface area contributed by atoms with Gasteiger partial charge in [-0.3, -0.25) is 0 Å². The van der Waals surface area contributed by atoms with Crippen LogP contribution in [0.4, 0.5) is 0 Å². The summed E-state index contributed by atoms with van der Waals surface area (Å²) in [5.41, 5.74) is 13.2. The lowest BCUT2D eigenvalue weighted by molar-refractivity contribution is 0.778. The largest absolute Gasteiger partial charge is 0.335 e. The third kappa shape index (κ3) is 2.43. The molecule has 3 nitrogen and oxygen atoms in total. The van der Waals surface area contributed by atoms with Crippen molar-refractivity contribution in [2.75, 3.05) is 6.54 Å². The van der Waals surface area contributed by atoms with E-state index in [1.165, 1.54) is 27.9 Å². The van der Waals surface area contributed by atoms with Crippen LogP contribution >= 0.6 is 0 Å². The topological polar surface area (TPSA) is 43.8 Å². The summed E-state index contributed by atoms with van der Waals surface area (Å²) in [5.74, 6) is 1.04. The first-order valence-corrected chi connectivity index (χ1v) is 6.76. The van der Waals surface area contributed by atoms with E-state index in [2.05, 4.69) is 44.5 Å². The number of imidazole rings is 1. The van der Waals surface area contributed by atoms with Crippen molar-refractivity contribution in [3.8, 4) is 11.3 Å². The van der Waals surface area contributed by atoms with Crippen LogP contribution in [0.5, 0.6) is 0 Å². The SMILES string of the molecule is Cc1cc(C)c(-c2nc(C)n(C)c2CCN)c(C)c1. The minimum atomic E-state index is 0.649. The van der Waals surface area contributed by atoms with Gasteiger partial charge in [-0.05, 0) is 45.4 Å². The molecule has 0 spiro atoms. The third-order valence-corrected chi connectivity index (χ3v) is 3.73. The maximum Gasteiger partial charge on any atom is 0.106 e. The number of hydrogen-bond donors (Lipinski definition) is 1. The van der Waals surface area contributed by atoms with Gasteiger partial charge >= 0.3 is 0 Å². The Balaban J connectivity index is 2.69. The molecule has 3 heteroatoms. The molecule has 1 aromatic heterocycles. The van der Waals surface area contributed by atoms with Crippen molar-refractivity contribution >= 4 is 0 Å². The molecule has 0 saturated heterocycles. The predicted octanol–water partition coefficient (Wildman–Crippen LogP) is 2.82. The number of aryl methyl sites for hydroxylation is 4. The molecule has 0 aliphatic rings. The fourth-order valence-corrected chi connectivity index (χ4v) is 2.83. The van der Waals surface area contributed by atoms with Gasteiger partial charge in [0.1, 0.15) is 5.82 Å². The minimum absolute atomic E-state index is 0.649. The van der Waals surface area contributed by atoms with Gasteiger partial charge < -0.3 is 10.3 Å². The Hall–Kier alpha value is -1.61. The second kappa shape index (κ2) is 5.17. The summed E-state index contributed by atoms with van der Waals surface area (Å²) in [5, 5.41) is 0.